The van der Waals surface area contributed by atoms with Crippen LogP contribution in [-0.2, 0) is 0 Å². The number of fused-ring (bicyclic) bond motifs is 10. The molecule has 52 heavy (non-hydrogen) atoms. The monoisotopic (exact) mass is 665 g/mol. The summed E-state index contributed by atoms with van der Waals surface area (Å²) in [5.74, 6) is 0.650. The molecule has 5 heteroatoms. The Morgan fingerprint density at radius 1 is 0.365 bits per heavy atom. The molecule has 0 aliphatic carbocycles. The van der Waals surface area contributed by atoms with Gasteiger partial charge in [-0.25, -0.2) is 15.0 Å². The highest BCUT2D eigenvalue weighted by Gasteiger charge is 2.20. The predicted octanol–water partition coefficient (Wildman–Crippen LogP) is 12.6. The first-order valence-electron chi connectivity index (χ1n) is 17.4. The van der Waals surface area contributed by atoms with Crippen LogP contribution < -0.4 is 0 Å². The van der Waals surface area contributed by atoms with Crippen molar-refractivity contribution in [2.45, 2.75) is 0 Å². The smallest absolute Gasteiger partial charge is 0.160 e. The number of aromatic nitrogens is 3. The topological polar surface area (TPSA) is 65.0 Å². The second-order valence-corrected chi connectivity index (χ2v) is 13.1. The van der Waals surface area contributed by atoms with E-state index in [0.29, 0.717) is 5.82 Å². The lowest BCUT2D eigenvalue weighted by molar-refractivity contribution is 0.670. The minimum atomic E-state index is 0.650. The Hall–Kier alpha value is -7.11. The first-order valence-corrected chi connectivity index (χ1v) is 17.4. The van der Waals surface area contributed by atoms with Gasteiger partial charge in [0.05, 0.1) is 22.6 Å². The summed E-state index contributed by atoms with van der Waals surface area (Å²) in [4.78, 5) is 15.4. The molecular formula is C47H27N3O2. The van der Waals surface area contributed by atoms with E-state index in [0.717, 1.165) is 105 Å². The second kappa shape index (κ2) is 11.2. The van der Waals surface area contributed by atoms with Crippen molar-refractivity contribution in [2.75, 3.05) is 0 Å². The van der Waals surface area contributed by atoms with E-state index in [1.165, 1.54) is 0 Å². The van der Waals surface area contributed by atoms with Gasteiger partial charge in [-0.1, -0.05) is 115 Å². The zero-order valence-corrected chi connectivity index (χ0v) is 27.7. The van der Waals surface area contributed by atoms with E-state index in [1.807, 2.05) is 60.7 Å². The Labute approximate surface area is 297 Å². The molecule has 0 aliphatic heterocycles. The van der Waals surface area contributed by atoms with E-state index in [1.54, 1.807) is 0 Å². The summed E-state index contributed by atoms with van der Waals surface area (Å²) in [5.41, 5.74) is 10.7. The number of furan rings is 2. The molecule has 0 spiro atoms. The Morgan fingerprint density at radius 2 is 1.02 bits per heavy atom. The lowest BCUT2D eigenvalue weighted by Gasteiger charge is -2.10. The quantitative estimate of drug-likeness (QED) is 0.175. The van der Waals surface area contributed by atoms with Crippen molar-refractivity contribution in [1.82, 2.24) is 15.0 Å². The Balaban J connectivity index is 1.14. The third-order valence-corrected chi connectivity index (χ3v) is 10.1. The van der Waals surface area contributed by atoms with Crippen LogP contribution in [-0.4, -0.2) is 15.0 Å². The average molecular weight is 666 g/mol. The predicted molar refractivity (Wildman–Crippen MR) is 211 cm³/mol. The molecule has 0 saturated carbocycles. The number of rotatable bonds is 4. The van der Waals surface area contributed by atoms with Crippen molar-refractivity contribution in [1.29, 1.82) is 0 Å². The van der Waals surface area contributed by atoms with E-state index in [-0.39, 0.29) is 0 Å². The van der Waals surface area contributed by atoms with Gasteiger partial charge in [0.25, 0.3) is 0 Å². The van der Waals surface area contributed by atoms with Crippen LogP contribution in [0.2, 0.25) is 0 Å². The van der Waals surface area contributed by atoms with Gasteiger partial charge in [0.1, 0.15) is 22.3 Å². The van der Waals surface area contributed by atoms with E-state index >= 15 is 0 Å². The molecule has 0 fully saturated rings. The van der Waals surface area contributed by atoms with Gasteiger partial charge in [-0.15, -0.1) is 0 Å². The van der Waals surface area contributed by atoms with E-state index < -0.39 is 0 Å². The number of pyridine rings is 1. The second-order valence-electron chi connectivity index (χ2n) is 13.1. The molecule has 5 nitrogen and oxygen atoms in total. The van der Waals surface area contributed by atoms with Crippen LogP contribution in [0.25, 0.3) is 111 Å². The third kappa shape index (κ3) is 4.39. The van der Waals surface area contributed by atoms with Crippen LogP contribution >= 0.6 is 0 Å². The van der Waals surface area contributed by atoms with Crippen molar-refractivity contribution in [3.05, 3.63) is 164 Å². The van der Waals surface area contributed by atoms with Crippen LogP contribution in [0.5, 0.6) is 0 Å². The van der Waals surface area contributed by atoms with Crippen molar-refractivity contribution >= 4 is 65.6 Å². The van der Waals surface area contributed by atoms with Crippen molar-refractivity contribution in [3.63, 3.8) is 0 Å². The maximum atomic E-state index is 6.75. The fourth-order valence-corrected chi connectivity index (χ4v) is 7.64. The maximum absolute atomic E-state index is 6.75. The first kappa shape index (κ1) is 28.7. The van der Waals surface area contributed by atoms with Gasteiger partial charge in [0.15, 0.2) is 5.82 Å². The molecule has 11 aromatic rings. The molecule has 0 aliphatic rings. The molecule has 242 valence electrons. The first-order chi connectivity index (χ1) is 25.8. The van der Waals surface area contributed by atoms with Gasteiger partial charge < -0.3 is 8.83 Å². The highest BCUT2D eigenvalue weighted by molar-refractivity contribution is 6.25. The Kier molecular flexibility index (Phi) is 6.18. The molecule has 0 bridgehead atoms. The van der Waals surface area contributed by atoms with Crippen LogP contribution in [0.4, 0.5) is 0 Å². The maximum Gasteiger partial charge on any atom is 0.160 e. The van der Waals surface area contributed by atoms with Gasteiger partial charge in [-0.3, -0.25) is 0 Å². The summed E-state index contributed by atoms with van der Waals surface area (Å²) in [6.07, 6.45) is 0. The van der Waals surface area contributed by atoms with Gasteiger partial charge >= 0.3 is 0 Å². The van der Waals surface area contributed by atoms with Gasteiger partial charge in [-0.2, -0.15) is 0 Å². The fourth-order valence-electron chi connectivity index (χ4n) is 7.64. The lowest BCUT2D eigenvalue weighted by atomic mass is 9.97. The third-order valence-electron chi connectivity index (χ3n) is 10.1. The summed E-state index contributed by atoms with van der Waals surface area (Å²) in [5, 5.41) is 7.41. The molecular weight excluding hydrogens is 639 g/mol. The molecule has 0 N–H and O–H groups in total. The van der Waals surface area contributed by atoms with Crippen LogP contribution in [0.15, 0.2) is 173 Å². The molecule has 11 rings (SSSR count). The van der Waals surface area contributed by atoms with Crippen molar-refractivity contribution in [2.24, 2.45) is 0 Å². The lowest BCUT2D eigenvalue weighted by Crippen LogP contribution is -1.96. The molecule has 0 atom stereocenters. The molecule has 0 saturated heterocycles. The summed E-state index contributed by atoms with van der Waals surface area (Å²) >= 11 is 0. The molecule has 0 amide bonds. The number of hydrogen-bond donors (Lipinski definition) is 0. The highest BCUT2D eigenvalue weighted by atomic mass is 16.3. The zero-order valence-electron chi connectivity index (χ0n) is 27.7. The fraction of sp³-hybridized carbons (Fsp3) is 0. The largest absolute Gasteiger partial charge is 0.455 e. The number of nitrogens with zero attached hydrogens (tertiary/aromatic N) is 3. The molecule has 4 heterocycles. The standard InChI is InChI=1S/C47H27N3O2/c1-3-12-28(13-4-1)44-36-24-23-33-37-26-30(22-25-42(37)52-46(33)43(36)34-17-7-9-20-38(34)48-44)39-27-40(50-47(49-39)29-14-5-2-6-15-29)35-19-11-18-32-31-16-8-10-21-41(31)51-45(32)35/h1-27H. The Bertz CT molecular complexity index is 3180. The summed E-state index contributed by atoms with van der Waals surface area (Å²) in [6, 6.07) is 56.0. The normalized spacial score (nSPS) is 11.8. The molecule has 7 aromatic carbocycles. The van der Waals surface area contributed by atoms with E-state index in [2.05, 4.69) is 103 Å². The van der Waals surface area contributed by atoms with Crippen molar-refractivity contribution in [3.8, 4) is 45.2 Å². The summed E-state index contributed by atoms with van der Waals surface area (Å²) < 4.78 is 13.2. The van der Waals surface area contributed by atoms with Crippen molar-refractivity contribution < 1.29 is 8.83 Å². The minimum Gasteiger partial charge on any atom is -0.455 e. The van der Waals surface area contributed by atoms with E-state index in [4.69, 9.17) is 23.8 Å². The Morgan fingerprint density at radius 3 is 1.88 bits per heavy atom. The van der Waals surface area contributed by atoms with Crippen LogP contribution in [0.3, 0.4) is 0 Å². The van der Waals surface area contributed by atoms with E-state index in [9.17, 15) is 0 Å². The van der Waals surface area contributed by atoms with Crippen LogP contribution in [0.1, 0.15) is 0 Å². The molecule has 0 radical (unpaired) electrons. The zero-order chi connectivity index (χ0) is 34.2. The van der Waals surface area contributed by atoms with Gasteiger partial charge in [0, 0.05) is 60.0 Å². The SMILES string of the molecule is c1ccc(-c2nc(-c3ccc4oc5c(ccc6c(-c7ccccc7)nc7ccccc7c65)c4c3)cc(-c3cccc4c3oc3ccccc34)n2)cc1. The molecule has 4 aromatic heterocycles. The number of para-hydroxylation sites is 3. The number of benzene rings is 7. The summed E-state index contributed by atoms with van der Waals surface area (Å²) in [7, 11) is 0. The van der Waals surface area contributed by atoms with Gasteiger partial charge in [0.2, 0.25) is 0 Å². The van der Waals surface area contributed by atoms with Gasteiger partial charge in [-0.05, 0) is 48.5 Å². The average Bonchev–Trinajstić information content (AvgIpc) is 3.79. The number of hydrogen-bond acceptors (Lipinski definition) is 5. The highest BCUT2D eigenvalue weighted by Crippen LogP contribution is 2.42. The summed E-state index contributed by atoms with van der Waals surface area (Å²) in [6.45, 7) is 0. The minimum absolute atomic E-state index is 0.650. The van der Waals surface area contributed by atoms with Crippen LogP contribution in [0, 0.1) is 0 Å². The molecule has 0 unspecified atom stereocenters.